The molecule has 1 saturated heterocycles. The lowest BCUT2D eigenvalue weighted by molar-refractivity contribution is 0.259. The van der Waals surface area contributed by atoms with Crippen molar-refractivity contribution in [2.24, 2.45) is 5.73 Å². The molecule has 0 aromatic heterocycles. The Hall–Kier alpha value is -1.18. The minimum absolute atomic E-state index is 0.160. The first-order valence-electron chi connectivity index (χ1n) is 6.28. The molecule has 3 N–H and O–H groups in total. The standard InChI is InChI=1S/C12H18FN3O2S/c13-10-4-6-11(7-5-10)15-19(17,18)16-8-2-1-3-12(16)9-14/h4-7,12,15H,1-3,8-9,14H2. The van der Waals surface area contributed by atoms with Crippen molar-refractivity contribution < 1.29 is 12.8 Å². The summed E-state index contributed by atoms with van der Waals surface area (Å²) < 4.78 is 41.2. The minimum Gasteiger partial charge on any atom is -0.329 e. The maximum absolute atomic E-state index is 12.8. The summed E-state index contributed by atoms with van der Waals surface area (Å²) >= 11 is 0. The molecular weight excluding hydrogens is 269 g/mol. The molecule has 5 nitrogen and oxygen atoms in total. The highest BCUT2D eigenvalue weighted by Gasteiger charge is 2.31. The molecule has 0 bridgehead atoms. The van der Waals surface area contributed by atoms with Crippen molar-refractivity contribution in [2.45, 2.75) is 25.3 Å². The molecule has 1 aromatic rings. The summed E-state index contributed by atoms with van der Waals surface area (Å²) in [7, 11) is -3.63. The molecule has 1 fully saturated rings. The van der Waals surface area contributed by atoms with E-state index in [1.54, 1.807) is 0 Å². The Morgan fingerprint density at radius 2 is 2.00 bits per heavy atom. The second kappa shape index (κ2) is 5.85. The molecule has 1 heterocycles. The van der Waals surface area contributed by atoms with Gasteiger partial charge in [-0.2, -0.15) is 12.7 Å². The van der Waals surface area contributed by atoms with Gasteiger partial charge in [-0.1, -0.05) is 6.42 Å². The summed E-state index contributed by atoms with van der Waals surface area (Å²) in [4.78, 5) is 0. The Morgan fingerprint density at radius 1 is 1.32 bits per heavy atom. The molecular formula is C12H18FN3O2S. The van der Waals surface area contributed by atoms with Crippen LogP contribution in [-0.4, -0.2) is 31.9 Å². The van der Waals surface area contributed by atoms with Crippen molar-refractivity contribution in [1.82, 2.24) is 4.31 Å². The van der Waals surface area contributed by atoms with E-state index in [1.807, 2.05) is 0 Å². The fourth-order valence-corrected chi connectivity index (χ4v) is 3.76. The zero-order valence-electron chi connectivity index (χ0n) is 10.5. The van der Waals surface area contributed by atoms with Gasteiger partial charge in [0.2, 0.25) is 0 Å². The highest BCUT2D eigenvalue weighted by atomic mass is 32.2. The number of benzene rings is 1. The molecule has 0 spiro atoms. The van der Waals surface area contributed by atoms with E-state index in [4.69, 9.17) is 5.73 Å². The molecule has 0 aliphatic carbocycles. The molecule has 19 heavy (non-hydrogen) atoms. The molecule has 0 radical (unpaired) electrons. The fourth-order valence-electron chi connectivity index (χ4n) is 2.25. The Morgan fingerprint density at radius 3 is 2.63 bits per heavy atom. The normalized spacial score (nSPS) is 21.3. The van der Waals surface area contributed by atoms with Gasteiger partial charge in [-0.05, 0) is 37.1 Å². The minimum atomic E-state index is -3.63. The summed E-state index contributed by atoms with van der Waals surface area (Å²) in [5.74, 6) is -0.402. The zero-order chi connectivity index (χ0) is 13.9. The molecule has 0 amide bonds. The van der Waals surface area contributed by atoms with E-state index in [9.17, 15) is 12.8 Å². The number of piperidine rings is 1. The molecule has 1 aliphatic rings. The average molecular weight is 287 g/mol. The SMILES string of the molecule is NCC1CCCCN1S(=O)(=O)Nc1ccc(F)cc1. The third-order valence-electron chi connectivity index (χ3n) is 3.24. The first-order chi connectivity index (χ1) is 9.03. The summed E-state index contributed by atoms with van der Waals surface area (Å²) in [5.41, 5.74) is 5.97. The van der Waals surface area contributed by atoms with Crippen LogP contribution in [0.5, 0.6) is 0 Å². The summed E-state index contributed by atoms with van der Waals surface area (Å²) in [5, 5.41) is 0. The van der Waals surface area contributed by atoms with Gasteiger partial charge < -0.3 is 5.73 Å². The van der Waals surface area contributed by atoms with Gasteiger partial charge in [-0.25, -0.2) is 4.39 Å². The lowest BCUT2D eigenvalue weighted by atomic mass is 10.1. The molecule has 1 atom stereocenters. The van der Waals surface area contributed by atoms with Gasteiger partial charge in [0.15, 0.2) is 0 Å². The molecule has 1 unspecified atom stereocenters. The fraction of sp³-hybridized carbons (Fsp3) is 0.500. The number of nitrogens with two attached hydrogens (primary N) is 1. The van der Waals surface area contributed by atoms with Crippen LogP contribution in [0.2, 0.25) is 0 Å². The maximum atomic E-state index is 12.8. The number of nitrogens with zero attached hydrogens (tertiary/aromatic N) is 1. The maximum Gasteiger partial charge on any atom is 0.301 e. The van der Waals surface area contributed by atoms with E-state index < -0.39 is 16.0 Å². The predicted octanol–water partition coefficient (Wildman–Crippen LogP) is 1.30. The van der Waals surface area contributed by atoms with Gasteiger partial charge in [0, 0.05) is 24.8 Å². The molecule has 1 aromatic carbocycles. The van der Waals surface area contributed by atoms with E-state index in [0.717, 1.165) is 19.3 Å². The van der Waals surface area contributed by atoms with Crippen molar-refractivity contribution in [1.29, 1.82) is 0 Å². The van der Waals surface area contributed by atoms with Crippen LogP contribution in [0, 0.1) is 5.82 Å². The van der Waals surface area contributed by atoms with E-state index in [2.05, 4.69) is 4.72 Å². The Balaban J connectivity index is 2.14. The van der Waals surface area contributed by atoms with Crippen molar-refractivity contribution in [3.8, 4) is 0 Å². The lowest BCUT2D eigenvalue weighted by Crippen LogP contribution is -2.49. The topological polar surface area (TPSA) is 75.4 Å². The van der Waals surface area contributed by atoms with Crippen molar-refractivity contribution >= 4 is 15.9 Å². The Labute approximate surface area is 112 Å². The average Bonchev–Trinajstić information content (AvgIpc) is 2.41. The Kier molecular flexibility index (Phi) is 4.38. The van der Waals surface area contributed by atoms with Crippen LogP contribution < -0.4 is 10.5 Å². The van der Waals surface area contributed by atoms with Gasteiger partial charge in [0.25, 0.3) is 0 Å². The smallest absolute Gasteiger partial charge is 0.301 e. The summed E-state index contributed by atoms with van der Waals surface area (Å²) in [6.45, 7) is 0.780. The summed E-state index contributed by atoms with van der Waals surface area (Å²) in [6.07, 6.45) is 2.60. The van der Waals surface area contributed by atoms with Crippen LogP contribution in [0.15, 0.2) is 24.3 Å². The van der Waals surface area contributed by atoms with Crippen LogP contribution in [0.1, 0.15) is 19.3 Å². The first-order valence-corrected chi connectivity index (χ1v) is 7.72. The molecule has 1 aliphatic heterocycles. The number of anilines is 1. The van der Waals surface area contributed by atoms with Gasteiger partial charge in [0.05, 0.1) is 0 Å². The van der Waals surface area contributed by atoms with E-state index in [-0.39, 0.29) is 6.04 Å². The second-order valence-electron chi connectivity index (χ2n) is 4.61. The largest absolute Gasteiger partial charge is 0.329 e. The predicted molar refractivity (Wildman–Crippen MR) is 72.3 cm³/mol. The van der Waals surface area contributed by atoms with Crippen LogP contribution in [-0.2, 0) is 10.2 Å². The van der Waals surface area contributed by atoms with Gasteiger partial charge in [-0.3, -0.25) is 4.72 Å². The quantitative estimate of drug-likeness (QED) is 0.876. The Bertz CT molecular complexity index is 518. The van der Waals surface area contributed by atoms with Crippen molar-refractivity contribution in [2.75, 3.05) is 17.8 Å². The van der Waals surface area contributed by atoms with Crippen molar-refractivity contribution in [3.63, 3.8) is 0 Å². The molecule has 0 saturated carbocycles. The molecule has 2 rings (SSSR count). The third kappa shape index (κ3) is 3.43. The third-order valence-corrected chi connectivity index (χ3v) is 4.84. The zero-order valence-corrected chi connectivity index (χ0v) is 11.4. The van der Waals surface area contributed by atoms with Gasteiger partial charge in [-0.15, -0.1) is 0 Å². The number of nitrogens with one attached hydrogen (secondary N) is 1. The van der Waals surface area contributed by atoms with E-state index >= 15 is 0 Å². The number of hydrogen-bond acceptors (Lipinski definition) is 3. The van der Waals surface area contributed by atoms with Crippen LogP contribution in [0.3, 0.4) is 0 Å². The van der Waals surface area contributed by atoms with Gasteiger partial charge in [0.1, 0.15) is 5.82 Å². The van der Waals surface area contributed by atoms with Crippen LogP contribution >= 0.6 is 0 Å². The van der Waals surface area contributed by atoms with Crippen molar-refractivity contribution in [3.05, 3.63) is 30.1 Å². The highest BCUT2D eigenvalue weighted by molar-refractivity contribution is 7.90. The van der Waals surface area contributed by atoms with Crippen LogP contribution in [0.4, 0.5) is 10.1 Å². The molecule has 7 heteroatoms. The lowest BCUT2D eigenvalue weighted by Gasteiger charge is -2.33. The molecule has 106 valence electrons. The van der Waals surface area contributed by atoms with Gasteiger partial charge >= 0.3 is 10.2 Å². The first kappa shape index (κ1) is 14.2. The number of rotatable bonds is 4. The summed E-state index contributed by atoms with van der Waals surface area (Å²) in [6, 6.07) is 5.07. The number of hydrogen-bond donors (Lipinski definition) is 2. The van der Waals surface area contributed by atoms with E-state index in [1.165, 1.54) is 28.6 Å². The van der Waals surface area contributed by atoms with E-state index in [0.29, 0.717) is 18.8 Å². The highest BCUT2D eigenvalue weighted by Crippen LogP contribution is 2.21. The second-order valence-corrected chi connectivity index (χ2v) is 6.23. The van der Waals surface area contributed by atoms with Crippen LogP contribution in [0.25, 0.3) is 0 Å². The monoisotopic (exact) mass is 287 g/mol. The number of halogens is 1.